The van der Waals surface area contributed by atoms with Crippen LogP contribution in [-0.4, -0.2) is 16.9 Å². The highest BCUT2D eigenvalue weighted by molar-refractivity contribution is 5.95. The number of carbonyl (C=O) groups is 1. The molecule has 0 radical (unpaired) electrons. The quantitative estimate of drug-likeness (QED) is 0.894. The van der Waals surface area contributed by atoms with Crippen molar-refractivity contribution in [2.75, 3.05) is 5.73 Å². The molecule has 1 saturated carbocycles. The SMILES string of the molecule is CCc1cc(C(=O)NC2CCCCC2C(C)C)cc(N)n1. The van der Waals surface area contributed by atoms with E-state index in [2.05, 4.69) is 24.1 Å². The third-order valence-electron chi connectivity index (χ3n) is 4.51. The van der Waals surface area contributed by atoms with Crippen LogP contribution in [0.1, 0.15) is 62.5 Å². The number of amides is 1. The number of pyridine rings is 1. The number of aryl methyl sites for hydroxylation is 1. The third kappa shape index (κ3) is 3.96. The fourth-order valence-electron chi connectivity index (χ4n) is 3.31. The zero-order valence-electron chi connectivity index (χ0n) is 13.4. The van der Waals surface area contributed by atoms with Crippen LogP contribution in [0.3, 0.4) is 0 Å². The Morgan fingerprint density at radius 2 is 2.10 bits per heavy atom. The van der Waals surface area contributed by atoms with Crippen LogP contribution in [0.25, 0.3) is 0 Å². The van der Waals surface area contributed by atoms with Crippen molar-refractivity contribution in [1.82, 2.24) is 10.3 Å². The fraction of sp³-hybridized carbons (Fsp3) is 0.647. The van der Waals surface area contributed by atoms with Gasteiger partial charge in [-0.2, -0.15) is 0 Å². The summed E-state index contributed by atoms with van der Waals surface area (Å²) in [5, 5.41) is 3.22. The molecule has 0 spiro atoms. The smallest absolute Gasteiger partial charge is 0.251 e. The number of hydrogen-bond donors (Lipinski definition) is 2. The van der Waals surface area contributed by atoms with E-state index in [1.54, 1.807) is 6.07 Å². The molecule has 0 bridgehead atoms. The summed E-state index contributed by atoms with van der Waals surface area (Å²) in [7, 11) is 0. The van der Waals surface area contributed by atoms with E-state index < -0.39 is 0 Å². The summed E-state index contributed by atoms with van der Waals surface area (Å²) in [5.74, 6) is 1.58. The van der Waals surface area contributed by atoms with E-state index in [0.717, 1.165) is 18.5 Å². The molecule has 4 heteroatoms. The van der Waals surface area contributed by atoms with Gasteiger partial charge in [-0.05, 0) is 43.2 Å². The normalized spacial score (nSPS) is 22.3. The van der Waals surface area contributed by atoms with Crippen LogP contribution in [0.4, 0.5) is 5.82 Å². The Labute approximate surface area is 127 Å². The zero-order valence-corrected chi connectivity index (χ0v) is 13.4. The van der Waals surface area contributed by atoms with Crippen LogP contribution in [0.2, 0.25) is 0 Å². The van der Waals surface area contributed by atoms with Crippen molar-refractivity contribution in [1.29, 1.82) is 0 Å². The molecule has 1 aromatic rings. The van der Waals surface area contributed by atoms with Gasteiger partial charge in [0.05, 0.1) is 0 Å². The molecule has 1 fully saturated rings. The van der Waals surface area contributed by atoms with Crippen LogP contribution in [-0.2, 0) is 6.42 Å². The molecule has 21 heavy (non-hydrogen) atoms. The summed E-state index contributed by atoms with van der Waals surface area (Å²) in [5.41, 5.74) is 7.29. The molecule has 3 N–H and O–H groups in total. The number of nitrogen functional groups attached to an aromatic ring is 1. The molecule has 4 nitrogen and oxygen atoms in total. The van der Waals surface area contributed by atoms with Crippen LogP contribution in [0, 0.1) is 11.8 Å². The number of nitrogens with one attached hydrogen (secondary N) is 1. The van der Waals surface area contributed by atoms with Gasteiger partial charge < -0.3 is 11.1 Å². The van der Waals surface area contributed by atoms with Crippen molar-refractivity contribution < 1.29 is 4.79 Å². The highest BCUT2D eigenvalue weighted by Gasteiger charge is 2.28. The standard InChI is InChI=1S/C17H27N3O/c1-4-13-9-12(10-16(18)19-13)17(21)20-15-8-6-5-7-14(15)11(2)3/h9-11,14-15H,4-8H2,1-3H3,(H2,18,19)(H,20,21). The largest absolute Gasteiger partial charge is 0.384 e. The molecule has 2 unspecified atom stereocenters. The van der Waals surface area contributed by atoms with Crippen LogP contribution >= 0.6 is 0 Å². The van der Waals surface area contributed by atoms with E-state index in [-0.39, 0.29) is 11.9 Å². The Balaban J connectivity index is 2.11. The average molecular weight is 289 g/mol. The maximum atomic E-state index is 12.5. The van der Waals surface area contributed by atoms with E-state index in [1.807, 2.05) is 13.0 Å². The number of aromatic nitrogens is 1. The second-order valence-electron chi connectivity index (χ2n) is 6.40. The van der Waals surface area contributed by atoms with Crippen LogP contribution < -0.4 is 11.1 Å². The Bertz CT molecular complexity index is 499. The highest BCUT2D eigenvalue weighted by Crippen LogP contribution is 2.30. The van der Waals surface area contributed by atoms with Gasteiger partial charge in [0.2, 0.25) is 0 Å². The number of anilines is 1. The summed E-state index contributed by atoms with van der Waals surface area (Å²) >= 11 is 0. The predicted octanol–water partition coefficient (Wildman–Crippen LogP) is 3.17. The van der Waals surface area contributed by atoms with Crippen molar-refractivity contribution in [3.05, 3.63) is 23.4 Å². The Morgan fingerprint density at radius 3 is 2.76 bits per heavy atom. The van der Waals surface area contributed by atoms with E-state index in [4.69, 9.17) is 5.73 Å². The maximum Gasteiger partial charge on any atom is 0.251 e. The molecule has 0 aliphatic heterocycles. The molecule has 1 aliphatic carbocycles. The number of hydrogen-bond acceptors (Lipinski definition) is 3. The van der Waals surface area contributed by atoms with Gasteiger partial charge in [-0.15, -0.1) is 0 Å². The van der Waals surface area contributed by atoms with Gasteiger partial charge in [-0.25, -0.2) is 4.98 Å². The molecule has 1 aromatic heterocycles. The first-order chi connectivity index (χ1) is 10.0. The van der Waals surface area contributed by atoms with E-state index in [1.165, 1.54) is 19.3 Å². The summed E-state index contributed by atoms with van der Waals surface area (Å²) < 4.78 is 0. The van der Waals surface area contributed by atoms with E-state index in [9.17, 15) is 4.79 Å². The lowest BCUT2D eigenvalue weighted by atomic mass is 9.78. The molecule has 1 heterocycles. The molecule has 116 valence electrons. The minimum Gasteiger partial charge on any atom is -0.384 e. The molecular formula is C17H27N3O. The summed E-state index contributed by atoms with van der Waals surface area (Å²) in [6.07, 6.45) is 5.55. The highest BCUT2D eigenvalue weighted by atomic mass is 16.1. The molecule has 2 rings (SSSR count). The second-order valence-corrected chi connectivity index (χ2v) is 6.40. The van der Waals surface area contributed by atoms with Gasteiger partial charge >= 0.3 is 0 Å². The van der Waals surface area contributed by atoms with Gasteiger partial charge in [0, 0.05) is 17.3 Å². The summed E-state index contributed by atoms with van der Waals surface area (Å²) in [4.78, 5) is 16.7. The van der Waals surface area contributed by atoms with Crippen molar-refractivity contribution in [3.63, 3.8) is 0 Å². The monoisotopic (exact) mass is 289 g/mol. The number of carbonyl (C=O) groups excluding carboxylic acids is 1. The molecule has 1 aliphatic rings. The Morgan fingerprint density at radius 1 is 1.38 bits per heavy atom. The first-order valence-corrected chi connectivity index (χ1v) is 8.08. The van der Waals surface area contributed by atoms with Crippen LogP contribution in [0.15, 0.2) is 12.1 Å². The van der Waals surface area contributed by atoms with E-state index >= 15 is 0 Å². The zero-order chi connectivity index (χ0) is 15.4. The molecule has 2 atom stereocenters. The van der Waals surface area contributed by atoms with Gasteiger partial charge in [0.1, 0.15) is 5.82 Å². The van der Waals surface area contributed by atoms with E-state index in [0.29, 0.717) is 23.2 Å². The van der Waals surface area contributed by atoms with Crippen molar-refractivity contribution in [2.24, 2.45) is 11.8 Å². The third-order valence-corrected chi connectivity index (χ3v) is 4.51. The number of nitrogens with zero attached hydrogens (tertiary/aromatic N) is 1. The minimum absolute atomic E-state index is 0.0173. The Hall–Kier alpha value is -1.58. The average Bonchev–Trinajstić information content (AvgIpc) is 2.46. The predicted molar refractivity (Wildman–Crippen MR) is 86.1 cm³/mol. The molecule has 1 amide bonds. The van der Waals surface area contributed by atoms with Gasteiger partial charge in [0.15, 0.2) is 0 Å². The molecule has 0 aromatic carbocycles. The maximum absolute atomic E-state index is 12.5. The number of rotatable bonds is 4. The van der Waals surface area contributed by atoms with Gasteiger partial charge in [0.25, 0.3) is 5.91 Å². The lowest BCUT2D eigenvalue weighted by molar-refractivity contribution is 0.0889. The van der Waals surface area contributed by atoms with Crippen LogP contribution in [0.5, 0.6) is 0 Å². The molecule has 0 saturated heterocycles. The Kier molecular flexibility index (Phi) is 5.21. The summed E-state index contributed by atoms with van der Waals surface area (Å²) in [6.45, 7) is 6.50. The first-order valence-electron chi connectivity index (χ1n) is 8.08. The lowest BCUT2D eigenvalue weighted by Gasteiger charge is -2.35. The van der Waals surface area contributed by atoms with Crippen molar-refractivity contribution >= 4 is 11.7 Å². The lowest BCUT2D eigenvalue weighted by Crippen LogP contribution is -2.44. The second kappa shape index (κ2) is 6.92. The fourth-order valence-corrected chi connectivity index (χ4v) is 3.31. The van der Waals surface area contributed by atoms with Gasteiger partial charge in [-0.3, -0.25) is 4.79 Å². The van der Waals surface area contributed by atoms with Crippen molar-refractivity contribution in [3.8, 4) is 0 Å². The van der Waals surface area contributed by atoms with Crippen molar-refractivity contribution in [2.45, 2.75) is 58.9 Å². The minimum atomic E-state index is -0.0173. The molecular weight excluding hydrogens is 262 g/mol. The van der Waals surface area contributed by atoms with Gasteiger partial charge in [-0.1, -0.05) is 33.6 Å². The summed E-state index contributed by atoms with van der Waals surface area (Å²) in [6, 6.07) is 3.80. The topological polar surface area (TPSA) is 68.0 Å². The number of nitrogens with two attached hydrogens (primary N) is 1. The first kappa shape index (κ1) is 15.8.